The Morgan fingerprint density at radius 3 is 3.11 bits per heavy atom. The van der Waals surface area contributed by atoms with Gasteiger partial charge in [0.1, 0.15) is 5.82 Å². The van der Waals surface area contributed by atoms with Crippen LogP contribution in [0, 0.1) is 5.82 Å². The van der Waals surface area contributed by atoms with Gasteiger partial charge in [-0.1, -0.05) is 6.07 Å². The minimum absolute atomic E-state index is 0.161. The first kappa shape index (κ1) is 12.6. The highest BCUT2D eigenvalue weighted by Gasteiger charge is 2.20. The van der Waals surface area contributed by atoms with E-state index in [1.54, 1.807) is 24.0 Å². The molecular weight excluding hydrogens is 259 g/mol. The zero-order valence-corrected chi connectivity index (χ0v) is 11.3. The lowest BCUT2D eigenvalue weighted by atomic mass is 10.0. The van der Waals surface area contributed by atoms with Crippen LogP contribution in [0.3, 0.4) is 0 Å². The van der Waals surface area contributed by atoms with Gasteiger partial charge in [-0.15, -0.1) is 11.8 Å². The SMILES string of the molecule is Fc1ccc2c(c1)C(NCc1ccccn1)CCS2. The van der Waals surface area contributed by atoms with Gasteiger partial charge in [0, 0.05) is 23.7 Å². The molecule has 0 aliphatic carbocycles. The lowest BCUT2D eigenvalue weighted by Crippen LogP contribution is -2.24. The van der Waals surface area contributed by atoms with E-state index in [1.165, 1.54) is 11.0 Å². The summed E-state index contributed by atoms with van der Waals surface area (Å²) in [6.45, 7) is 0.714. The van der Waals surface area contributed by atoms with Gasteiger partial charge in [-0.3, -0.25) is 4.98 Å². The molecule has 1 aliphatic heterocycles. The van der Waals surface area contributed by atoms with Gasteiger partial charge < -0.3 is 5.32 Å². The summed E-state index contributed by atoms with van der Waals surface area (Å²) in [5, 5.41) is 3.48. The monoisotopic (exact) mass is 274 g/mol. The third-order valence-electron chi connectivity index (χ3n) is 3.27. The van der Waals surface area contributed by atoms with E-state index in [4.69, 9.17) is 0 Å². The molecule has 2 heterocycles. The van der Waals surface area contributed by atoms with Gasteiger partial charge in [0.25, 0.3) is 0 Å². The summed E-state index contributed by atoms with van der Waals surface area (Å²) < 4.78 is 13.4. The number of rotatable bonds is 3. The quantitative estimate of drug-likeness (QED) is 0.926. The summed E-state index contributed by atoms with van der Waals surface area (Å²) in [5.41, 5.74) is 2.09. The first-order valence-electron chi connectivity index (χ1n) is 6.38. The van der Waals surface area contributed by atoms with Crippen LogP contribution in [0.25, 0.3) is 0 Å². The van der Waals surface area contributed by atoms with Crippen LogP contribution in [0.4, 0.5) is 4.39 Å². The maximum Gasteiger partial charge on any atom is 0.123 e. The normalized spacial score (nSPS) is 18.1. The van der Waals surface area contributed by atoms with E-state index in [0.29, 0.717) is 6.54 Å². The molecule has 4 heteroatoms. The second-order valence-electron chi connectivity index (χ2n) is 4.57. The second kappa shape index (κ2) is 5.72. The molecular formula is C15H15FN2S. The van der Waals surface area contributed by atoms with Crippen LogP contribution in [0.2, 0.25) is 0 Å². The number of halogens is 1. The number of thioether (sulfide) groups is 1. The van der Waals surface area contributed by atoms with Crippen molar-refractivity contribution in [3.63, 3.8) is 0 Å². The topological polar surface area (TPSA) is 24.9 Å². The maximum atomic E-state index is 13.4. The fraction of sp³-hybridized carbons (Fsp3) is 0.267. The average molecular weight is 274 g/mol. The Balaban J connectivity index is 1.75. The highest BCUT2D eigenvalue weighted by atomic mass is 32.2. The summed E-state index contributed by atoms with van der Waals surface area (Å²) in [5.74, 6) is 0.907. The number of aromatic nitrogens is 1. The molecule has 1 unspecified atom stereocenters. The largest absolute Gasteiger partial charge is 0.304 e. The molecule has 19 heavy (non-hydrogen) atoms. The Hall–Kier alpha value is -1.39. The van der Waals surface area contributed by atoms with Gasteiger partial charge in [-0.25, -0.2) is 4.39 Å². The molecule has 2 nitrogen and oxygen atoms in total. The molecule has 3 rings (SSSR count). The standard InChI is InChI=1S/C15H15FN2S/c16-11-4-5-15-13(9-11)14(6-8-19-15)18-10-12-3-1-2-7-17-12/h1-5,7,9,14,18H,6,8,10H2. The Labute approximate surface area is 116 Å². The average Bonchev–Trinajstić information content (AvgIpc) is 2.46. The smallest absolute Gasteiger partial charge is 0.123 e. The van der Waals surface area contributed by atoms with Crippen LogP contribution < -0.4 is 5.32 Å². The summed E-state index contributed by atoms with van der Waals surface area (Å²) in [6, 6.07) is 11.2. The molecule has 2 aromatic rings. The van der Waals surface area contributed by atoms with E-state index >= 15 is 0 Å². The highest BCUT2D eigenvalue weighted by Crippen LogP contribution is 2.36. The van der Waals surface area contributed by atoms with Gasteiger partial charge in [0.05, 0.1) is 5.69 Å². The van der Waals surface area contributed by atoms with E-state index in [0.717, 1.165) is 23.4 Å². The zero-order valence-electron chi connectivity index (χ0n) is 10.5. The van der Waals surface area contributed by atoms with E-state index < -0.39 is 0 Å². The van der Waals surface area contributed by atoms with E-state index in [-0.39, 0.29) is 11.9 Å². The molecule has 0 bridgehead atoms. The lowest BCUT2D eigenvalue weighted by molar-refractivity contribution is 0.500. The molecule has 1 N–H and O–H groups in total. The molecule has 1 aliphatic rings. The molecule has 0 saturated carbocycles. The maximum absolute atomic E-state index is 13.4. The fourth-order valence-corrected chi connectivity index (χ4v) is 3.41. The van der Waals surface area contributed by atoms with Crippen LogP contribution >= 0.6 is 11.8 Å². The fourth-order valence-electron chi connectivity index (χ4n) is 2.31. The van der Waals surface area contributed by atoms with Crippen LogP contribution in [0.1, 0.15) is 23.7 Å². The van der Waals surface area contributed by atoms with Crippen LogP contribution in [0.5, 0.6) is 0 Å². The number of pyridine rings is 1. The molecule has 0 saturated heterocycles. The molecule has 98 valence electrons. The van der Waals surface area contributed by atoms with Crippen molar-refractivity contribution in [2.24, 2.45) is 0 Å². The zero-order chi connectivity index (χ0) is 13.1. The first-order valence-corrected chi connectivity index (χ1v) is 7.37. The Morgan fingerprint density at radius 1 is 1.32 bits per heavy atom. The second-order valence-corrected chi connectivity index (χ2v) is 5.71. The Kier molecular flexibility index (Phi) is 3.80. The number of nitrogens with zero attached hydrogens (tertiary/aromatic N) is 1. The Bertz CT molecular complexity index is 559. The highest BCUT2D eigenvalue weighted by molar-refractivity contribution is 7.99. The molecule has 1 aromatic heterocycles. The molecule has 0 amide bonds. The third kappa shape index (κ3) is 2.96. The minimum atomic E-state index is -0.161. The Morgan fingerprint density at radius 2 is 2.26 bits per heavy atom. The van der Waals surface area contributed by atoms with Gasteiger partial charge in [-0.2, -0.15) is 0 Å². The van der Waals surface area contributed by atoms with E-state index in [9.17, 15) is 4.39 Å². The van der Waals surface area contributed by atoms with Crippen molar-refractivity contribution in [2.45, 2.75) is 23.9 Å². The van der Waals surface area contributed by atoms with Crippen molar-refractivity contribution in [1.82, 2.24) is 10.3 Å². The summed E-state index contributed by atoms with van der Waals surface area (Å²) in [4.78, 5) is 5.48. The lowest BCUT2D eigenvalue weighted by Gasteiger charge is -2.26. The molecule has 1 aromatic carbocycles. The van der Waals surface area contributed by atoms with Gasteiger partial charge in [-0.05, 0) is 48.1 Å². The summed E-state index contributed by atoms with van der Waals surface area (Å²) >= 11 is 1.80. The number of fused-ring (bicyclic) bond motifs is 1. The third-order valence-corrected chi connectivity index (χ3v) is 4.39. The number of nitrogens with one attached hydrogen (secondary N) is 1. The van der Waals surface area contributed by atoms with Crippen molar-refractivity contribution in [2.75, 3.05) is 5.75 Å². The molecule has 0 spiro atoms. The molecule has 1 atom stereocenters. The summed E-state index contributed by atoms with van der Waals surface area (Å²) in [7, 11) is 0. The van der Waals surface area contributed by atoms with Crippen LogP contribution in [-0.4, -0.2) is 10.7 Å². The predicted octanol–water partition coefficient (Wildman–Crippen LogP) is 3.55. The van der Waals surface area contributed by atoms with Crippen molar-refractivity contribution in [3.8, 4) is 0 Å². The summed E-state index contributed by atoms with van der Waals surface area (Å²) in [6.07, 6.45) is 2.81. The van der Waals surface area contributed by atoms with Crippen LogP contribution in [-0.2, 0) is 6.54 Å². The number of benzene rings is 1. The van der Waals surface area contributed by atoms with Gasteiger partial charge in [0.15, 0.2) is 0 Å². The number of hydrogen-bond donors (Lipinski definition) is 1. The van der Waals surface area contributed by atoms with Crippen molar-refractivity contribution < 1.29 is 4.39 Å². The number of hydrogen-bond acceptors (Lipinski definition) is 3. The predicted molar refractivity (Wildman–Crippen MR) is 75.6 cm³/mol. The van der Waals surface area contributed by atoms with E-state index in [1.807, 2.05) is 24.3 Å². The molecule has 0 fully saturated rings. The van der Waals surface area contributed by atoms with E-state index in [2.05, 4.69) is 10.3 Å². The minimum Gasteiger partial charge on any atom is -0.304 e. The van der Waals surface area contributed by atoms with Crippen molar-refractivity contribution >= 4 is 11.8 Å². The van der Waals surface area contributed by atoms with Crippen molar-refractivity contribution in [1.29, 1.82) is 0 Å². The van der Waals surface area contributed by atoms with Crippen LogP contribution in [0.15, 0.2) is 47.5 Å². The first-order chi connectivity index (χ1) is 9.33. The van der Waals surface area contributed by atoms with Gasteiger partial charge >= 0.3 is 0 Å². The van der Waals surface area contributed by atoms with Gasteiger partial charge in [0.2, 0.25) is 0 Å². The molecule has 0 radical (unpaired) electrons. The van der Waals surface area contributed by atoms with Crippen molar-refractivity contribution in [3.05, 3.63) is 59.7 Å².